The summed E-state index contributed by atoms with van der Waals surface area (Å²) in [6, 6.07) is 0. The van der Waals surface area contributed by atoms with Crippen LogP contribution in [0.5, 0.6) is 0 Å². The third-order valence-corrected chi connectivity index (χ3v) is 2.70. The third kappa shape index (κ3) is 2.49. The summed E-state index contributed by atoms with van der Waals surface area (Å²) in [5.41, 5.74) is 0. The Labute approximate surface area is 106 Å². The van der Waals surface area contributed by atoms with Crippen LogP contribution in [0.25, 0.3) is 0 Å². The van der Waals surface area contributed by atoms with Crippen molar-refractivity contribution in [2.75, 3.05) is 35.5 Å². The Morgan fingerprint density at radius 1 is 1.17 bits per heavy atom. The Bertz CT molecular complexity index is 321. The monoisotopic (exact) mass is 262 g/mol. The van der Waals surface area contributed by atoms with E-state index in [9.17, 15) is 4.79 Å². The summed E-state index contributed by atoms with van der Waals surface area (Å²) in [6.45, 7) is 0. The van der Waals surface area contributed by atoms with E-state index in [1.807, 2.05) is 0 Å². The normalized spacial score (nSPS) is 26.2. The number of carbonyl (C=O) groups is 1. The topological polar surface area (TPSA) is 72.5 Å². The van der Waals surface area contributed by atoms with Crippen molar-refractivity contribution >= 4 is 5.97 Å². The molecule has 7 nitrogen and oxygen atoms in total. The summed E-state index contributed by atoms with van der Waals surface area (Å²) in [5, 5.41) is 0. The highest BCUT2D eigenvalue weighted by molar-refractivity contribution is 5.86. The lowest BCUT2D eigenvalue weighted by Crippen LogP contribution is -2.57. The number of carbonyl (C=O) groups excluding carboxylic acids is 1. The SMILES string of the molecule is COC(=O)C1=CC(OC)C(OC)C(OC)(OC)O1. The van der Waals surface area contributed by atoms with Crippen LogP contribution in [0.3, 0.4) is 0 Å². The fourth-order valence-electron chi connectivity index (χ4n) is 1.76. The highest BCUT2D eigenvalue weighted by atomic mass is 16.9. The number of ether oxygens (including phenoxy) is 6. The molecule has 0 amide bonds. The summed E-state index contributed by atoms with van der Waals surface area (Å²) in [4.78, 5) is 11.5. The predicted molar refractivity (Wildman–Crippen MR) is 59.5 cm³/mol. The van der Waals surface area contributed by atoms with Crippen molar-refractivity contribution < 1.29 is 33.2 Å². The summed E-state index contributed by atoms with van der Waals surface area (Å²) in [5.74, 6) is -2.26. The van der Waals surface area contributed by atoms with Crippen molar-refractivity contribution in [2.24, 2.45) is 0 Å². The second-order valence-electron chi connectivity index (χ2n) is 3.49. The Kier molecular flexibility index (Phi) is 5.09. The van der Waals surface area contributed by atoms with Crippen LogP contribution in [0.2, 0.25) is 0 Å². The summed E-state index contributed by atoms with van der Waals surface area (Å²) in [7, 11) is 6.94. The molecule has 2 atom stereocenters. The molecule has 0 N–H and O–H groups in total. The Morgan fingerprint density at radius 3 is 2.17 bits per heavy atom. The molecule has 1 aliphatic rings. The van der Waals surface area contributed by atoms with Gasteiger partial charge in [-0.15, -0.1) is 0 Å². The van der Waals surface area contributed by atoms with Crippen LogP contribution in [-0.4, -0.2) is 59.7 Å². The fourth-order valence-corrected chi connectivity index (χ4v) is 1.76. The van der Waals surface area contributed by atoms with Gasteiger partial charge in [-0.3, -0.25) is 0 Å². The molecule has 0 spiro atoms. The van der Waals surface area contributed by atoms with Gasteiger partial charge in [0.15, 0.2) is 6.10 Å². The molecule has 18 heavy (non-hydrogen) atoms. The van der Waals surface area contributed by atoms with Gasteiger partial charge in [0.2, 0.25) is 5.76 Å². The van der Waals surface area contributed by atoms with Crippen molar-refractivity contribution in [1.29, 1.82) is 0 Å². The number of esters is 1. The first-order chi connectivity index (χ1) is 8.58. The fraction of sp³-hybridized carbons (Fsp3) is 0.727. The maximum atomic E-state index is 11.5. The number of hydrogen-bond donors (Lipinski definition) is 0. The van der Waals surface area contributed by atoms with Gasteiger partial charge in [0.25, 0.3) is 0 Å². The molecule has 2 unspecified atom stereocenters. The molecule has 0 aromatic carbocycles. The van der Waals surface area contributed by atoms with Gasteiger partial charge in [0, 0.05) is 28.4 Å². The van der Waals surface area contributed by atoms with Gasteiger partial charge in [-0.1, -0.05) is 0 Å². The molecule has 0 radical (unpaired) electrons. The summed E-state index contributed by atoms with van der Waals surface area (Å²) in [6.07, 6.45) is 0.194. The largest absolute Gasteiger partial charge is 0.463 e. The lowest BCUT2D eigenvalue weighted by Gasteiger charge is -2.41. The van der Waals surface area contributed by atoms with Gasteiger partial charge < -0.3 is 28.4 Å². The zero-order valence-electron chi connectivity index (χ0n) is 11.1. The maximum Gasteiger partial charge on any atom is 0.373 e. The maximum absolute atomic E-state index is 11.5. The lowest BCUT2D eigenvalue weighted by molar-refractivity contribution is -0.400. The van der Waals surface area contributed by atoms with Crippen molar-refractivity contribution in [1.82, 2.24) is 0 Å². The van der Waals surface area contributed by atoms with E-state index in [0.717, 1.165) is 0 Å². The highest BCUT2D eigenvalue weighted by Crippen LogP contribution is 2.33. The molecule has 1 aliphatic heterocycles. The van der Waals surface area contributed by atoms with Crippen molar-refractivity contribution in [3.63, 3.8) is 0 Å². The van der Waals surface area contributed by atoms with E-state index < -0.39 is 24.2 Å². The zero-order valence-corrected chi connectivity index (χ0v) is 11.1. The van der Waals surface area contributed by atoms with Crippen molar-refractivity contribution in [2.45, 2.75) is 18.2 Å². The molecule has 0 fully saturated rings. The van der Waals surface area contributed by atoms with Crippen LogP contribution < -0.4 is 0 Å². The molecule has 1 rings (SSSR count). The van der Waals surface area contributed by atoms with E-state index in [0.29, 0.717) is 0 Å². The van der Waals surface area contributed by atoms with Gasteiger partial charge in [0.05, 0.1) is 7.11 Å². The zero-order chi connectivity index (χ0) is 13.8. The molecule has 0 saturated heterocycles. The van der Waals surface area contributed by atoms with Crippen LogP contribution in [0.1, 0.15) is 0 Å². The number of hydrogen-bond acceptors (Lipinski definition) is 7. The quantitative estimate of drug-likeness (QED) is 0.512. The molecule has 0 saturated carbocycles. The average Bonchev–Trinajstić information content (AvgIpc) is 2.44. The predicted octanol–water partition coefficient (Wildman–Crippen LogP) is 0.0501. The number of rotatable bonds is 5. The lowest BCUT2D eigenvalue weighted by atomic mass is 10.1. The standard InChI is InChI=1S/C11H18O7/c1-13-7-6-8(10(12)15-3)18-11(16-4,17-5)9(7)14-2/h6-7,9H,1-5H3. The molecule has 0 aliphatic carbocycles. The second kappa shape index (κ2) is 6.14. The summed E-state index contributed by atoms with van der Waals surface area (Å²) >= 11 is 0. The van der Waals surface area contributed by atoms with Crippen LogP contribution in [0, 0.1) is 0 Å². The highest BCUT2D eigenvalue weighted by Gasteiger charge is 2.52. The van der Waals surface area contributed by atoms with Gasteiger partial charge in [-0.25, -0.2) is 4.79 Å². The molecular weight excluding hydrogens is 244 g/mol. The Balaban J connectivity index is 3.14. The molecule has 0 aromatic heterocycles. The van der Waals surface area contributed by atoms with E-state index in [2.05, 4.69) is 4.74 Å². The van der Waals surface area contributed by atoms with Crippen molar-refractivity contribution in [3.8, 4) is 0 Å². The average molecular weight is 262 g/mol. The van der Waals surface area contributed by atoms with Gasteiger partial charge in [0.1, 0.15) is 6.10 Å². The van der Waals surface area contributed by atoms with Gasteiger partial charge in [-0.2, -0.15) is 0 Å². The van der Waals surface area contributed by atoms with Crippen LogP contribution in [-0.2, 0) is 33.2 Å². The second-order valence-corrected chi connectivity index (χ2v) is 3.49. The molecule has 7 heteroatoms. The van der Waals surface area contributed by atoms with Gasteiger partial charge >= 0.3 is 11.9 Å². The van der Waals surface area contributed by atoms with Gasteiger partial charge in [-0.05, 0) is 6.08 Å². The number of methoxy groups -OCH3 is 5. The molecule has 0 bridgehead atoms. The molecule has 0 aromatic rings. The minimum absolute atomic E-state index is 0.0543. The first kappa shape index (κ1) is 14.9. The van der Waals surface area contributed by atoms with Crippen LogP contribution in [0.15, 0.2) is 11.8 Å². The van der Waals surface area contributed by atoms with Crippen molar-refractivity contribution in [3.05, 3.63) is 11.8 Å². The Morgan fingerprint density at radius 2 is 1.78 bits per heavy atom. The first-order valence-electron chi connectivity index (χ1n) is 5.23. The minimum atomic E-state index is -1.56. The van der Waals surface area contributed by atoms with Crippen LogP contribution in [0.4, 0.5) is 0 Å². The van der Waals surface area contributed by atoms with E-state index in [1.54, 1.807) is 0 Å². The summed E-state index contributed by atoms with van der Waals surface area (Å²) < 4.78 is 30.9. The van der Waals surface area contributed by atoms with E-state index in [-0.39, 0.29) is 5.76 Å². The van der Waals surface area contributed by atoms with Crippen LogP contribution >= 0.6 is 0 Å². The minimum Gasteiger partial charge on any atom is -0.463 e. The third-order valence-electron chi connectivity index (χ3n) is 2.70. The molecule has 104 valence electrons. The molecular formula is C11H18O7. The van der Waals surface area contributed by atoms with E-state index >= 15 is 0 Å². The first-order valence-corrected chi connectivity index (χ1v) is 5.23. The van der Waals surface area contributed by atoms with E-state index in [1.165, 1.54) is 41.6 Å². The smallest absolute Gasteiger partial charge is 0.373 e. The molecule has 1 heterocycles. The van der Waals surface area contributed by atoms with E-state index in [4.69, 9.17) is 23.7 Å². The Hall–Kier alpha value is -1.15.